The van der Waals surface area contributed by atoms with Crippen molar-refractivity contribution in [3.63, 3.8) is 0 Å². The summed E-state index contributed by atoms with van der Waals surface area (Å²) in [5.41, 5.74) is 0. The van der Waals surface area contributed by atoms with E-state index in [1.807, 2.05) is 0 Å². The first-order valence-corrected chi connectivity index (χ1v) is 6.61. The third kappa shape index (κ3) is 3.26. The summed E-state index contributed by atoms with van der Waals surface area (Å²) in [5.74, 6) is -0.984. The highest BCUT2D eigenvalue weighted by atomic mass is 16.6. The first kappa shape index (κ1) is 13.9. The maximum absolute atomic E-state index is 11.7. The van der Waals surface area contributed by atoms with Crippen LogP contribution in [0.2, 0.25) is 0 Å². The molecule has 1 N–H and O–H groups in total. The molecule has 2 atom stereocenters. The first-order valence-electron chi connectivity index (χ1n) is 6.61. The number of fused-ring (bicyclic) bond motifs is 1. The molecule has 0 aromatic rings. The lowest BCUT2D eigenvalue weighted by atomic mass is 9.91. The molecule has 0 saturated carbocycles. The van der Waals surface area contributed by atoms with Crippen molar-refractivity contribution < 1.29 is 19.4 Å². The summed E-state index contributed by atoms with van der Waals surface area (Å²) in [5, 5.41) is 9.05. The van der Waals surface area contributed by atoms with E-state index in [9.17, 15) is 9.59 Å². The number of piperazine rings is 1. The van der Waals surface area contributed by atoms with Crippen molar-refractivity contribution in [2.24, 2.45) is 5.92 Å². The van der Waals surface area contributed by atoms with Gasteiger partial charge in [0.1, 0.15) is 6.61 Å². The Labute approximate surface area is 112 Å². The lowest BCUT2D eigenvalue weighted by Gasteiger charge is -2.45. The Balaban J connectivity index is 1.86. The van der Waals surface area contributed by atoms with Crippen molar-refractivity contribution in [2.75, 3.05) is 32.8 Å². The molecule has 2 saturated heterocycles. The van der Waals surface area contributed by atoms with Crippen LogP contribution in [0.15, 0.2) is 12.7 Å². The van der Waals surface area contributed by atoms with E-state index in [2.05, 4.69) is 11.5 Å². The molecule has 6 nitrogen and oxygen atoms in total. The van der Waals surface area contributed by atoms with Crippen molar-refractivity contribution >= 4 is 12.1 Å². The van der Waals surface area contributed by atoms with Crippen LogP contribution < -0.4 is 0 Å². The van der Waals surface area contributed by atoms with Crippen LogP contribution in [-0.2, 0) is 9.53 Å². The Morgan fingerprint density at radius 2 is 2.11 bits per heavy atom. The van der Waals surface area contributed by atoms with Crippen molar-refractivity contribution in [2.45, 2.75) is 18.9 Å². The minimum Gasteiger partial charge on any atom is -0.481 e. The number of ether oxygens (including phenoxy) is 1. The van der Waals surface area contributed by atoms with Gasteiger partial charge >= 0.3 is 12.1 Å². The number of hydrogen-bond donors (Lipinski definition) is 1. The average Bonchev–Trinajstić information content (AvgIpc) is 2.43. The zero-order valence-electron chi connectivity index (χ0n) is 11.0. The molecule has 6 heteroatoms. The molecule has 106 valence electrons. The minimum atomic E-state index is -0.716. The highest BCUT2D eigenvalue weighted by Gasteiger charge is 2.36. The monoisotopic (exact) mass is 268 g/mol. The van der Waals surface area contributed by atoms with Gasteiger partial charge in [0, 0.05) is 32.2 Å². The van der Waals surface area contributed by atoms with Gasteiger partial charge in [-0.2, -0.15) is 0 Å². The predicted octanol–water partition coefficient (Wildman–Crippen LogP) is 0.790. The average molecular weight is 268 g/mol. The third-order valence-corrected chi connectivity index (χ3v) is 3.84. The summed E-state index contributed by atoms with van der Waals surface area (Å²) < 4.78 is 5.03. The molecule has 2 aliphatic rings. The number of rotatable bonds is 3. The molecule has 0 bridgehead atoms. The number of carbonyl (C=O) groups is 2. The van der Waals surface area contributed by atoms with E-state index in [4.69, 9.17) is 9.84 Å². The standard InChI is InChI=1S/C13H20N2O4/c1-2-7-19-13(18)15-6-5-14-8-10(12(16)17)3-4-11(14)9-15/h2,10-11H,1,3-9H2,(H,16,17)/t10-,11-/m0/s1. The topological polar surface area (TPSA) is 70.1 Å². The second kappa shape index (κ2) is 6.06. The molecule has 0 radical (unpaired) electrons. The van der Waals surface area contributed by atoms with E-state index in [1.54, 1.807) is 11.0 Å². The molecule has 2 fully saturated rings. The summed E-state index contributed by atoms with van der Waals surface area (Å²) in [4.78, 5) is 26.6. The van der Waals surface area contributed by atoms with Gasteiger partial charge in [0.2, 0.25) is 0 Å². The van der Waals surface area contributed by atoms with E-state index in [-0.39, 0.29) is 24.7 Å². The Hall–Kier alpha value is -1.56. The van der Waals surface area contributed by atoms with Crippen LogP contribution >= 0.6 is 0 Å². The second-order valence-corrected chi connectivity index (χ2v) is 5.07. The van der Waals surface area contributed by atoms with Gasteiger partial charge in [0.05, 0.1) is 5.92 Å². The van der Waals surface area contributed by atoms with Crippen LogP contribution in [-0.4, -0.2) is 65.8 Å². The number of carboxylic acids is 1. The van der Waals surface area contributed by atoms with Gasteiger partial charge < -0.3 is 14.7 Å². The molecule has 19 heavy (non-hydrogen) atoms. The lowest BCUT2D eigenvalue weighted by molar-refractivity contribution is -0.144. The third-order valence-electron chi connectivity index (χ3n) is 3.84. The zero-order valence-corrected chi connectivity index (χ0v) is 11.0. The Bertz CT molecular complexity index is 372. The fraction of sp³-hybridized carbons (Fsp3) is 0.692. The highest BCUT2D eigenvalue weighted by molar-refractivity contribution is 5.70. The number of piperidine rings is 1. The summed E-state index contributed by atoms with van der Waals surface area (Å²) in [6.07, 6.45) is 2.75. The van der Waals surface area contributed by atoms with Crippen LogP contribution in [0.5, 0.6) is 0 Å². The van der Waals surface area contributed by atoms with Gasteiger partial charge in [0.15, 0.2) is 0 Å². The van der Waals surface area contributed by atoms with Gasteiger partial charge in [-0.3, -0.25) is 9.69 Å². The van der Waals surface area contributed by atoms with Gasteiger partial charge in [-0.05, 0) is 12.8 Å². The van der Waals surface area contributed by atoms with Gasteiger partial charge in [0.25, 0.3) is 0 Å². The van der Waals surface area contributed by atoms with Gasteiger partial charge in [-0.1, -0.05) is 12.7 Å². The van der Waals surface area contributed by atoms with Gasteiger partial charge in [-0.25, -0.2) is 4.79 Å². The lowest BCUT2D eigenvalue weighted by Crippen LogP contribution is -2.58. The Morgan fingerprint density at radius 3 is 2.79 bits per heavy atom. The predicted molar refractivity (Wildman–Crippen MR) is 68.8 cm³/mol. The molecule has 0 spiro atoms. The number of amides is 1. The first-order chi connectivity index (χ1) is 9.11. The molecule has 0 unspecified atom stereocenters. The van der Waals surface area contributed by atoms with E-state index >= 15 is 0 Å². The summed E-state index contributed by atoms with van der Waals surface area (Å²) in [6, 6.07) is 0.264. The summed E-state index contributed by atoms with van der Waals surface area (Å²) in [7, 11) is 0. The zero-order chi connectivity index (χ0) is 13.8. The van der Waals surface area contributed by atoms with E-state index < -0.39 is 5.97 Å². The Kier molecular flexibility index (Phi) is 4.42. The van der Waals surface area contributed by atoms with Crippen molar-refractivity contribution in [1.29, 1.82) is 0 Å². The minimum absolute atomic E-state index is 0.227. The molecule has 1 amide bonds. The van der Waals surface area contributed by atoms with Crippen LogP contribution in [0.3, 0.4) is 0 Å². The van der Waals surface area contributed by atoms with Crippen LogP contribution in [0.1, 0.15) is 12.8 Å². The molecule has 2 heterocycles. The number of carbonyl (C=O) groups excluding carboxylic acids is 1. The van der Waals surface area contributed by atoms with Crippen LogP contribution in [0.4, 0.5) is 4.79 Å². The van der Waals surface area contributed by atoms with Gasteiger partial charge in [-0.15, -0.1) is 0 Å². The molecular weight excluding hydrogens is 248 g/mol. The van der Waals surface area contributed by atoms with Crippen LogP contribution in [0, 0.1) is 5.92 Å². The van der Waals surface area contributed by atoms with Crippen molar-refractivity contribution in [3.05, 3.63) is 12.7 Å². The molecule has 0 aromatic heterocycles. The molecule has 0 aromatic carbocycles. The number of carboxylic acid groups (broad SMARTS) is 1. The van der Waals surface area contributed by atoms with Crippen molar-refractivity contribution in [1.82, 2.24) is 9.80 Å². The molecule has 2 rings (SSSR count). The number of nitrogens with zero attached hydrogens (tertiary/aromatic N) is 2. The fourth-order valence-electron chi connectivity index (χ4n) is 2.76. The van der Waals surface area contributed by atoms with Crippen molar-refractivity contribution in [3.8, 4) is 0 Å². The molecular formula is C13H20N2O4. The smallest absolute Gasteiger partial charge is 0.410 e. The van der Waals surface area contributed by atoms with Crippen LogP contribution in [0.25, 0.3) is 0 Å². The second-order valence-electron chi connectivity index (χ2n) is 5.07. The molecule has 2 aliphatic heterocycles. The fourth-order valence-corrected chi connectivity index (χ4v) is 2.76. The molecule has 0 aliphatic carbocycles. The maximum Gasteiger partial charge on any atom is 0.410 e. The summed E-state index contributed by atoms with van der Waals surface area (Å²) in [6.45, 7) is 6.27. The number of hydrogen-bond acceptors (Lipinski definition) is 4. The highest BCUT2D eigenvalue weighted by Crippen LogP contribution is 2.25. The normalized spacial score (nSPS) is 27.5. The number of aliphatic carboxylic acids is 1. The Morgan fingerprint density at radius 1 is 1.32 bits per heavy atom. The van der Waals surface area contributed by atoms with E-state index in [0.717, 1.165) is 13.0 Å². The maximum atomic E-state index is 11.7. The summed E-state index contributed by atoms with van der Waals surface area (Å²) >= 11 is 0. The quantitative estimate of drug-likeness (QED) is 0.766. The SMILES string of the molecule is C=CCOC(=O)N1CCN2C[C@@H](C(=O)O)CC[C@H]2C1. The van der Waals surface area contributed by atoms with E-state index in [0.29, 0.717) is 26.1 Å². The largest absolute Gasteiger partial charge is 0.481 e. The van der Waals surface area contributed by atoms with E-state index in [1.165, 1.54) is 0 Å².